The Morgan fingerprint density at radius 3 is 2.09 bits per heavy atom. The third-order valence-electron chi connectivity index (χ3n) is 6.33. The van der Waals surface area contributed by atoms with Gasteiger partial charge < -0.3 is 15.7 Å². The van der Waals surface area contributed by atoms with Crippen molar-refractivity contribution >= 4 is 45.1 Å². The molecule has 3 N–H and O–H groups in total. The number of sulfonamides is 1. The highest BCUT2D eigenvalue weighted by atomic mass is 35.5. The van der Waals surface area contributed by atoms with E-state index in [1.807, 2.05) is 0 Å². The maximum absolute atomic E-state index is 13.3. The van der Waals surface area contributed by atoms with Gasteiger partial charge in [0.2, 0.25) is 0 Å². The van der Waals surface area contributed by atoms with Gasteiger partial charge in [0.1, 0.15) is 17.5 Å². The van der Waals surface area contributed by atoms with Crippen molar-refractivity contribution in [1.82, 2.24) is 0 Å². The van der Waals surface area contributed by atoms with Gasteiger partial charge in [0.05, 0.1) is 10.7 Å². The minimum Gasteiger partial charge on any atom is -0.435 e. The van der Waals surface area contributed by atoms with Crippen LogP contribution in [0.25, 0.3) is 11.1 Å². The first-order valence-electron chi connectivity index (χ1n) is 11.0. The number of halogens is 1. The van der Waals surface area contributed by atoms with Crippen LogP contribution >= 0.6 is 11.6 Å². The van der Waals surface area contributed by atoms with Crippen LogP contribution in [0.15, 0.2) is 77.7 Å². The summed E-state index contributed by atoms with van der Waals surface area (Å²) in [5.74, 6) is 0. The Kier molecular flexibility index (Phi) is 6.84. The van der Waals surface area contributed by atoms with E-state index in [2.05, 4.69) is 10.6 Å². The molecule has 0 radical (unpaired) electrons. The number of quaternary nitrogens is 1. The van der Waals surface area contributed by atoms with Gasteiger partial charge in [-0.25, -0.2) is 4.79 Å². The van der Waals surface area contributed by atoms with Gasteiger partial charge in [-0.3, -0.25) is 0 Å². The number of carboxylic acid groups (broad SMARTS) is 1. The zero-order chi connectivity index (χ0) is 25.2. The van der Waals surface area contributed by atoms with Crippen molar-refractivity contribution in [2.24, 2.45) is 0 Å². The molecule has 3 aromatic carbocycles. The van der Waals surface area contributed by atoms with E-state index in [0.29, 0.717) is 29.2 Å². The van der Waals surface area contributed by atoms with Crippen LogP contribution in [0.5, 0.6) is 0 Å². The zero-order valence-electron chi connectivity index (χ0n) is 18.9. The molecule has 1 aliphatic rings. The number of likely N-dealkylation sites (tertiary alicyclic amines) is 1. The molecule has 0 bridgehead atoms. The second-order valence-corrected chi connectivity index (χ2v) is 10.9. The van der Waals surface area contributed by atoms with Crippen molar-refractivity contribution in [2.45, 2.75) is 30.7 Å². The molecule has 3 amide bonds. The van der Waals surface area contributed by atoms with Crippen molar-refractivity contribution < 1.29 is 27.0 Å². The van der Waals surface area contributed by atoms with E-state index < -0.39 is 32.1 Å². The molecule has 1 heterocycles. The first kappa shape index (κ1) is 24.7. The summed E-state index contributed by atoms with van der Waals surface area (Å²) in [5, 5.41) is 15.6. The molecule has 1 unspecified atom stereocenters. The number of urea groups is 1. The van der Waals surface area contributed by atoms with Crippen molar-refractivity contribution in [2.75, 3.05) is 17.2 Å². The van der Waals surface area contributed by atoms with E-state index >= 15 is 0 Å². The summed E-state index contributed by atoms with van der Waals surface area (Å²) in [6.07, 6.45) is -0.261. The molecule has 8 nitrogen and oxygen atoms in total. The van der Waals surface area contributed by atoms with Crippen LogP contribution < -0.4 is 10.6 Å². The lowest BCUT2D eigenvalue weighted by atomic mass is 10.1. The Morgan fingerprint density at radius 2 is 1.54 bits per heavy atom. The molecule has 0 spiro atoms. The molecule has 1 saturated heterocycles. The van der Waals surface area contributed by atoms with Crippen molar-refractivity contribution in [3.05, 3.63) is 77.8 Å². The van der Waals surface area contributed by atoms with E-state index in [1.165, 1.54) is 12.1 Å². The van der Waals surface area contributed by atoms with Gasteiger partial charge in [-0.2, -0.15) is 13.2 Å². The largest absolute Gasteiger partial charge is 0.529 e. The Balaban J connectivity index is 1.48. The molecule has 1 fully saturated rings. The summed E-state index contributed by atoms with van der Waals surface area (Å²) in [5.41, 5.74) is 2.62. The number of hydrogen-bond donors (Lipinski definition) is 3. The third-order valence-corrected chi connectivity index (χ3v) is 9.08. The number of para-hydroxylation sites is 1. The molecule has 0 saturated carbocycles. The van der Waals surface area contributed by atoms with E-state index in [9.17, 15) is 23.1 Å². The number of anilines is 2. The molecule has 3 aromatic rings. The standard InChI is InChI=1S/C25H24ClN3O5S/c1-17-5-4-16-29(17,25(31)32)35(33,34)21-14-10-19(11-15-21)18-8-12-20(13-9-18)27-24(30)28-23-7-3-2-6-22(23)26/h2-3,6-15,17H,4-5,16H2,1H3,(H2-,27,28,30,31,32)/p+1/t17-,29?/m1/s1. The van der Waals surface area contributed by atoms with E-state index in [-0.39, 0.29) is 11.4 Å². The van der Waals surface area contributed by atoms with Gasteiger partial charge in [0, 0.05) is 18.5 Å². The summed E-state index contributed by atoms with van der Waals surface area (Å²) >= 11 is 6.06. The number of rotatable bonds is 5. The van der Waals surface area contributed by atoms with Gasteiger partial charge in [-0.05, 0) is 54.4 Å². The fraction of sp³-hybridized carbons (Fsp3) is 0.200. The van der Waals surface area contributed by atoms with Crippen molar-refractivity contribution in [1.29, 1.82) is 0 Å². The summed E-state index contributed by atoms with van der Waals surface area (Å²) in [7, 11) is -4.12. The van der Waals surface area contributed by atoms with Crippen LogP contribution in [0.2, 0.25) is 5.02 Å². The average molecular weight is 515 g/mol. The molecule has 2 atom stereocenters. The lowest BCUT2D eigenvalue weighted by Gasteiger charge is -2.30. The maximum atomic E-state index is 13.3. The third kappa shape index (κ3) is 4.62. The van der Waals surface area contributed by atoms with Crippen LogP contribution in [-0.4, -0.2) is 42.1 Å². The van der Waals surface area contributed by atoms with E-state index in [1.54, 1.807) is 67.6 Å². The molecule has 35 heavy (non-hydrogen) atoms. The van der Waals surface area contributed by atoms with Gasteiger partial charge >= 0.3 is 22.1 Å². The predicted octanol–water partition coefficient (Wildman–Crippen LogP) is 6.02. The minimum atomic E-state index is -4.12. The van der Waals surface area contributed by atoms with Crippen LogP contribution in [0, 0.1) is 0 Å². The fourth-order valence-corrected chi connectivity index (χ4v) is 6.59. The Labute approximate surface area is 208 Å². The zero-order valence-corrected chi connectivity index (χ0v) is 20.5. The molecule has 1 aliphatic heterocycles. The van der Waals surface area contributed by atoms with Crippen LogP contribution in [-0.2, 0) is 10.0 Å². The molecule has 182 valence electrons. The van der Waals surface area contributed by atoms with Crippen molar-refractivity contribution in [3.8, 4) is 11.1 Å². The highest BCUT2D eigenvalue weighted by molar-refractivity contribution is 7.86. The van der Waals surface area contributed by atoms with Gasteiger partial charge in [0.15, 0.2) is 0 Å². The predicted molar refractivity (Wildman–Crippen MR) is 135 cm³/mol. The van der Waals surface area contributed by atoms with Crippen LogP contribution in [0.1, 0.15) is 19.8 Å². The summed E-state index contributed by atoms with van der Waals surface area (Å²) in [6, 6.07) is 19.2. The molecule has 4 rings (SSSR count). The number of carbonyl (C=O) groups excluding carboxylic acids is 1. The summed E-state index contributed by atoms with van der Waals surface area (Å²) in [6.45, 7) is 1.72. The number of hydrogen-bond acceptors (Lipinski definition) is 4. The van der Waals surface area contributed by atoms with Crippen molar-refractivity contribution in [3.63, 3.8) is 0 Å². The highest BCUT2D eigenvalue weighted by Gasteiger charge is 2.57. The number of carbonyl (C=O) groups is 2. The van der Waals surface area contributed by atoms with E-state index in [4.69, 9.17) is 11.6 Å². The molecule has 0 aromatic heterocycles. The molecule has 10 heteroatoms. The molecule has 0 aliphatic carbocycles. The topological polar surface area (TPSA) is 113 Å². The summed E-state index contributed by atoms with van der Waals surface area (Å²) in [4.78, 5) is 24.2. The first-order valence-corrected chi connectivity index (χ1v) is 12.9. The number of amides is 3. The number of nitrogens with zero attached hydrogens (tertiary/aromatic N) is 1. The quantitative estimate of drug-likeness (QED) is 0.360. The second-order valence-electron chi connectivity index (χ2n) is 8.43. The van der Waals surface area contributed by atoms with E-state index in [0.717, 1.165) is 11.1 Å². The minimum absolute atomic E-state index is 0.0214. The smallest absolute Gasteiger partial charge is 0.435 e. The monoisotopic (exact) mass is 514 g/mol. The Bertz CT molecular complexity index is 1360. The second kappa shape index (κ2) is 9.69. The average Bonchev–Trinajstić information content (AvgIpc) is 3.24. The highest BCUT2D eigenvalue weighted by Crippen LogP contribution is 2.36. The van der Waals surface area contributed by atoms with Crippen LogP contribution in [0.3, 0.4) is 0 Å². The lowest BCUT2D eigenvalue weighted by molar-refractivity contribution is -0.741. The van der Waals surface area contributed by atoms with Gasteiger partial charge in [-0.1, -0.05) is 48.0 Å². The van der Waals surface area contributed by atoms with Gasteiger partial charge in [-0.15, -0.1) is 3.89 Å². The summed E-state index contributed by atoms with van der Waals surface area (Å²) < 4.78 is 25.6. The van der Waals surface area contributed by atoms with Crippen LogP contribution in [0.4, 0.5) is 21.0 Å². The fourth-order valence-electron chi connectivity index (χ4n) is 4.40. The maximum Gasteiger partial charge on any atom is 0.529 e. The number of benzene rings is 3. The molecular weight excluding hydrogens is 490 g/mol. The molecular formula is C25H25ClN3O5S+. The van der Waals surface area contributed by atoms with Gasteiger partial charge in [0.25, 0.3) is 0 Å². The Morgan fingerprint density at radius 1 is 0.943 bits per heavy atom. The lowest BCUT2D eigenvalue weighted by Crippen LogP contribution is -2.58. The first-order chi connectivity index (χ1) is 16.6. The SMILES string of the molecule is C[C@@H]1CCC[N+]1(C(=O)O)S(=O)(=O)c1ccc(-c2ccc(NC(=O)Nc3ccccc3Cl)cc2)cc1. The number of nitrogens with one attached hydrogen (secondary N) is 2. The normalized spacial score (nSPS) is 19.8. The Hall–Kier alpha value is -3.40.